The first-order valence-electron chi connectivity index (χ1n) is 6.67. The average molecular weight is 298 g/mol. The molecule has 0 bridgehead atoms. The minimum absolute atomic E-state index is 0.135. The van der Waals surface area contributed by atoms with Crippen molar-refractivity contribution in [3.8, 4) is 0 Å². The molecular formula is C15H22O6. The van der Waals surface area contributed by atoms with E-state index in [1.54, 1.807) is 34.6 Å². The minimum Gasteiger partial charge on any atom is -0.460 e. The Balaban J connectivity index is 3.03. The Bertz CT molecular complexity index is 483. The molecule has 1 rings (SSSR count). The van der Waals surface area contributed by atoms with Crippen molar-refractivity contribution >= 4 is 17.9 Å². The van der Waals surface area contributed by atoms with Crippen LogP contribution >= 0.6 is 0 Å². The fourth-order valence-electron chi connectivity index (χ4n) is 1.99. The van der Waals surface area contributed by atoms with Crippen molar-refractivity contribution in [3.63, 3.8) is 0 Å². The molecule has 0 N–H and O–H groups in total. The molecule has 21 heavy (non-hydrogen) atoms. The summed E-state index contributed by atoms with van der Waals surface area (Å²) >= 11 is 0. The van der Waals surface area contributed by atoms with Crippen LogP contribution in [-0.2, 0) is 28.6 Å². The van der Waals surface area contributed by atoms with Gasteiger partial charge in [-0.25, -0.2) is 9.59 Å². The zero-order chi connectivity index (χ0) is 16.6. The van der Waals surface area contributed by atoms with Gasteiger partial charge in [0.1, 0.15) is 17.1 Å². The van der Waals surface area contributed by atoms with Gasteiger partial charge in [0.25, 0.3) is 0 Å². The van der Waals surface area contributed by atoms with Crippen LogP contribution in [0.15, 0.2) is 12.2 Å². The van der Waals surface area contributed by atoms with Crippen molar-refractivity contribution < 1.29 is 28.6 Å². The number of rotatable bonds is 3. The van der Waals surface area contributed by atoms with Crippen LogP contribution in [0.5, 0.6) is 0 Å². The molecule has 1 fully saturated rings. The van der Waals surface area contributed by atoms with E-state index in [-0.39, 0.29) is 5.57 Å². The summed E-state index contributed by atoms with van der Waals surface area (Å²) in [5, 5.41) is 0. The van der Waals surface area contributed by atoms with E-state index in [2.05, 4.69) is 6.58 Å². The fourth-order valence-corrected chi connectivity index (χ4v) is 1.99. The Kier molecular flexibility index (Phi) is 4.51. The van der Waals surface area contributed by atoms with Crippen molar-refractivity contribution in [2.45, 2.75) is 58.8 Å². The van der Waals surface area contributed by atoms with Gasteiger partial charge in [-0.2, -0.15) is 0 Å². The lowest BCUT2D eigenvalue weighted by molar-refractivity contribution is -0.170. The normalized spacial score (nSPS) is 24.2. The smallest absolute Gasteiger partial charge is 0.349 e. The van der Waals surface area contributed by atoms with Gasteiger partial charge in [-0.05, 0) is 41.5 Å². The largest absolute Gasteiger partial charge is 0.460 e. The average Bonchev–Trinajstić information content (AvgIpc) is 2.45. The number of hydrogen-bond acceptors (Lipinski definition) is 6. The number of ether oxygens (including phenoxy) is 3. The molecule has 1 aliphatic heterocycles. The molecule has 2 atom stereocenters. The topological polar surface area (TPSA) is 78.9 Å². The summed E-state index contributed by atoms with van der Waals surface area (Å²) < 4.78 is 15.5. The van der Waals surface area contributed by atoms with E-state index in [0.717, 1.165) is 0 Å². The number of carbonyl (C=O) groups is 3. The predicted molar refractivity (Wildman–Crippen MR) is 74.2 cm³/mol. The minimum atomic E-state index is -1.32. The highest BCUT2D eigenvalue weighted by atomic mass is 16.6. The van der Waals surface area contributed by atoms with E-state index in [0.29, 0.717) is 0 Å². The molecule has 0 spiro atoms. The molecule has 118 valence electrons. The standard InChI is InChI=1S/C15H22O6/c1-8(2)11(16)19-10-9(12(17)20-14(3,4)5)15(6,7)21-13(10)18/h9-10H,1H2,2-7H3. The third kappa shape index (κ3) is 4.06. The summed E-state index contributed by atoms with van der Waals surface area (Å²) in [6, 6.07) is 0. The van der Waals surface area contributed by atoms with Crippen LogP contribution in [0.4, 0.5) is 0 Å². The highest BCUT2D eigenvalue weighted by Crippen LogP contribution is 2.36. The Morgan fingerprint density at radius 3 is 2.24 bits per heavy atom. The van der Waals surface area contributed by atoms with Crippen molar-refractivity contribution in [2.24, 2.45) is 5.92 Å². The van der Waals surface area contributed by atoms with Gasteiger partial charge >= 0.3 is 17.9 Å². The molecule has 0 aromatic rings. The SMILES string of the molecule is C=C(C)C(=O)OC1C(=O)OC(C)(C)C1C(=O)OC(C)(C)C. The van der Waals surface area contributed by atoms with Crippen molar-refractivity contribution in [3.05, 3.63) is 12.2 Å². The molecule has 1 heterocycles. The van der Waals surface area contributed by atoms with Crippen LogP contribution in [0.3, 0.4) is 0 Å². The van der Waals surface area contributed by atoms with Gasteiger partial charge in [-0.1, -0.05) is 6.58 Å². The van der Waals surface area contributed by atoms with Crippen LogP contribution in [0.2, 0.25) is 0 Å². The number of hydrogen-bond donors (Lipinski definition) is 0. The van der Waals surface area contributed by atoms with Crippen molar-refractivity contribution in [1.82, 2.24) is 0 Å². The zero-order valence-corrected chi connectivity index (χ0v) is 13.3. The zero-order valence-electron chi connectivity index (χ0n) is 13.3. The fraction of sp³-hybridized carbons (Fsp3) is 0.667. The Labute approximate surface area is 124 Å². The monoisotopic (exact) mass is 298 g/mol. The third-order valence-corrected chi connectivity index (χ3v) is 2.89. The van der Waals surface area contributed by atoms with Crippen molar-refractivity contribution in [2.75, 3.05) is 0 Å². The molecule has 0 amide bonds. The molecule has 6 nitrogen and oxygen atoms in total. The lowest BCUT2D eigenvalue weighted by atomic mass is 9.88. The van der Waals surface area contributed by atoms with Gasteiger partial charge < -0.3 is 14.2 Å². The van der Waals surface area contributed by atoms with E-state index in [1.807, 2.05) is 0 Å². The maximum Gasteiger partial charge on any atom is 0.349 e. The second-order valence-corrected chi connectivity index (χ2v) is 6.64. The first kappa shape index (κ1) is 17.2. The van der Waals surface area contributed by atoms with E-state index in [4.69, 9.17) is 14.2 Å². The van der Waals surface area contributed by atoms with Gasteiger partial charge in [0.05, 0.1) is 0 Å². The molecule has 0 aromatic carbocycles. The molecular weight excluding hydrogens is 276 g/mol. The maximum absolute atomic E-state index is 12.3. The molecule has 0 aromatic heterocycles. The second-order valence-electron chi connectivity index (χ2n) is 6.64. The van der Waals surface area contributed by atoms with Crippen molar-refractivity contribution in [1.29, 1.82) is 0 Å². The number of cyclic esters (lactones) is 1. The van der Waals surface area contributed by atoms with Gasteiger partial charge in [-0.15, -0.1) is 0 Å². The summed E-state index contributed by atoms with van der Waals surface area (Å²) in [6.07, 6.45) is -1.32. The van der Waals surface area contributed by atoms with E-state index < -0.39 is 41.1 Å². The van der Waals surface area contributed by atoms with Gasteiger partial charge in [-0.3, -0.25) is 4.79 Å². The molecule has 2 unspecified atom stereocenters. The molecule has 0 radical (unpaired) electrons. The highest BCUT2D eigenvalue weighted by molar-refractivity contribution is 5.93. The first-order chi connectivity index (χ1) is 9.35. The molecule has 0 saturated carbocycles. The van der Waals surface area contributed by atoms with Crippen LogP contribution in [-0.4, -0.2) is 35.2 Å². The third-order valence-electron chi connectivity index (χ3n) is 2.89. The van der Waals surface area contributed by atoms with Gasteiger partial charge in [0.15, 0.2) is 0 Å². The molecule has 1 aliphatic rings. The van der Waals surface area contributed by atoms with Gasteiger partial charge in [0.2, 0.25) is 6.10 Å². The quantitative estimate of drug-likeness (QED) is 0.449. The van der Waals surface area contributed by atoms with E-state index in [9.17, 15) is 14.4 Å². The number of esters is 3. The van der Waals surface area contributed by atoms with Crippen LogP contribution < -0.4 is 0 Å². The maximum atomic E-state index is 12.3. The molecule has 0 aliphatic carbocycles. The summed E-state index contributed by atoms with van der Waals surface area (Å²) in [4.78, 5) is 35.8. The molecule has 1 saturated heterocycles. The Morgan fingerprint density at radius 1 is 1.29 bits per heavy atom. The second kappa shape index (κ2) is 5.50. The van der Waals surface area contributed by atoms with Crippen LogP contribution in [0.25, 0.3) is 0 Å². The molecule has 6 heteroatoms. The van der Waals surface area contributed by atoms with Crippen LogP contribution in [0.1, 0.15) is 41.5 Å². The van der Waals surface area contributed by atoms with E-state index in [1.165, 1.54) is 6.92 Å². The van der Waals surface area contributed by atoms with Gasteiger partial charge in [0, 0.05) is 5.57 Å². The van der Waals surface area contributed by atoms with Crippen LogP contribution in [0, 0.1) is 5.92 Å². The number of carbonyl (C=O) groups excluding carboxylic acids is 3. The summed E-state index contributed by atoms with van der Waals surface area (Å²) in [5.74, 6) is -3.17. The highest BCUT2D eigenvalue weighted by Gasteiger charge is 2.57. The summed E-state index contributed by atoms with van der Waals surface area (Å²) in [7, 11) is 0. The Morgan fingerprint density at radius 2 is 1.81 bits per heavy atom. The summed E-state index contributed by atoms with van der Waals surface area (Å²) in [6.45, 7) is 13.2. The van der Waals surface area contributed by atoms with E-state index >= 15 is 0 Å². The lowest BCUT2D eigenvalue weighted by Crippen LogP contribution is -2.44. The first-order valence-corrected chi connectivity index (χ1v) is 6.67. The predicted octanol–water partition coefficient (Wildman–Crippen LogP) is 1.77. The Hall–Kier alpha value is -1.85. The summed E-state index contributed by atoms with van der Waals surface area (Å²) in [5.41, 5.74) is -1.70. The lowest BCUT2D eigenvalue weighted by Gasteiger charge is -2.28.